The number of nitrogens with zero attached hydrogens (tertiary/aromatic N) is 3. The van der Waals surface area contributed by atoms with Crippen LogP contribution in [0.4, 0.5) is 0 Å². The zero-order valence-electron chi connectivity index (χ0n) is 71.3. The Morgan fingerprint density at radius 1 is 0.286 bits per heavy atom. The predicted molar refractivity (Wildman–Crippen MR) is 445 cm³/mol. The Hall–Kier alpha value is -10.4. The van der Waals surface area contributed by atoms with Crippen LogP contribution in [0.5, 0.6) is 0 Å². The predicted octanol–water partition coefficient (Wildman–Crippen LogP) is -9.00. The smallest absolute Gasteiger partial charge is 0.245 e. The summed E-state index contributed by atoms with van der Waals surface area (Å²) in [6.45, 7) is 19.8. The molecule has 0 saturated heterocycles. The van der Waals surface area contributed by atoms with Crippen molar-refractivity contribution in [3.05, 3.63) is 0 Å². The standard InChI is InChI=1S/C74H141N27O18/c1-36(2)31-50(58(78)106)97-59(107)40(9)90-70(118)56(43(12)103)100-60(108)41(10)89-66(114)52(33-38(5)6)98-64(112)47(22-15-17-27-76)94-67(115)51(32-37(3)4)91-54(105)35-88-61(109)45(23-18-28-85-72(79)80)92-62(110)46(21-14-16-26-75)93-63(111)49(25-20-30-87-74(83)84)96-71(119)57(44(13)104)101-68(116)53(34-39(7)8)99-65(113)48(24-19-29-86-73(81)82)95-69(117)55(77)42(11)102/h36-53,55-57,102-104H,14-35,75-77H2,1-13H3,(H2,78,106)(H,88,109)(H,89,114)(H,90,118)(H,91,105)(H,92,110)(H,93,111)(H,94,115)(H,95,117)(H,96,119)(H,97,107)(H,98,112)(H,99,113)(H,100,108)(H,101,116)(H4,79,80,85)(H4,81,82,86)(H4,83,84,87). The third-order valence-corrected chi connectivity index (χ3v) is 18.2. The first-order valence-corrected chi connectivity index (χ1v) is 40.4. The number of aliphatic hydroxyl groups is 3. The number of aliphatic imine (C=N–C) groups is 3. The van der Waals surface area contributed by atoms with E-state index in [9.17, 15) is 87.2 Å². The van der Waals surface area contributed by atoms with Crippen molar-refractivity contribution in [2.24, 2.45) is 96.0 Å². The Morgan fingerprint density at radius 2 is 0.546 bits per heavy atom. The van der Waals surface area contributed by atoms with E-state index in [-0.39, 0.29) is 158 Å². The highest BCUT2D eigenvalue weighted by molar-refractivity contribution is 6.00. The lowest BCUT2D eigenvalue weighted by Crippen LogP contribution is -2.62. The van der Waals surface area contributed by atoms with Crippen molar-refractivity contribution in [2.45, 2.75) is 296 Å². The van der Waals surface area contributed by atoms with Gasteiger partial charge in [0.2, 0.25) is 88.6 Å². The van der Waals surface area contributed by atoms with Gasteiger partial charge in [-0.2, -0.15) is 0 Å². The molecular formula is C74H141N27O18. The van der Waals surface area contributed by atoms with Crippen molar-refractivity contribution in [3.63, 3.8) is 0 Å². The largest absolute Gasteiger partial charge is 0.391 e. The van der Waals surface area contributed by atoms with Gasteiger partial charge in [0.15, 0.2) is 17.9 Å². The number of hydrogen-bond acceptors (Lipinski definition) is 24. The normalized spacial score (nSPS) is 15.6. The van der Waals surface area contributed by atoms with Gasteiger partial charge in [0, 0.05) is 19.6 Å². The van der Waals surface area contributed by atoms with Gasteiger partial charge in [0.05, 0.1) is 24.9 Å². The molecular weight excluding hydrogens is 1550 g/mol. The minimum Gasteiger partial charge on any atom is -0.391 e. The zero-order valence-corrected chi connectivity index (χ0v) is 71.3. The molecule has 0 aromatic rings. The summed E-state index contributed by atoms with van der Waals surface area (Å²) in [6.07, 6.45) is -3.48. The number of hydrogen-bond donors (Lipinski definition) is 27. The first-order chi connectivity index (χ1) is 55.6. The van der Waals surface area contributed by atoms with Crippen LogP contribution in [0.3, 0.4) is 0 Å². The van der Waals surface area contributed by atoms with Crippen LogP contribution in [0.15, 0.2) is 15.0 Å². The van der Waals surface area contributed by atoms with E-state index in [1.807, 2.05) is 13.8 Å². The Morgan fingerprint density at radius 3 is 0.882 bits per heavy atom. The number of primary amides is 1. The monoisotopic (exact) mass is 1700 g/mol. The molecule has 45 heteroatoms. The molecule has 0 rings (SSSR count). The summed E-state index contributed by atoms with van der Waals surface area (Å²) in [5.41, 5.74) is 56.2. The molecule has 17 atom stereocenters. The molecule has 0 aliphatic heterocycles. The Balaban J connectivity index is 7.08. The fraction of sp³-hybridized carbons (Fsp3) is 0.757. The van der Waals surface area contributed by atoms with Gasteiger partial charge in [0.1, 0.15) is 84.6 Å². The van der Waals surface area contributed by atoms with Crippen LogP contribution < -0.4 is 132 Å². The van der Waals surface area contributed by atoms with Gasteiger partial charge in [-0.3, -0.25) is 86.9 Å². The Bertz CT molecular complexity index is 3350. The fourth-order valence-electron chi connectivity index (χ4n) is 11.7. The summed E-state index contributed by atoms with van der Waals surface area (Å²) in [5, 5.41) is 67.2. The van der Waals surface area contributed by atoms with E-state index in [2.05, 4.69) is 89.4 Å². The zero-order chi connectivity index (χ0) is 91.1. The first-order valence-electron chi connectivity index (χ1n) is 40.4. The number of aliphatic hydroxyl groups excluding tert-OH is 3. The first kappa shape index (κ1) is 109. The number of unbranched alkanes of at least 4 members (excludes halogenated alkanes) is 2. The molecule has 0 aromatic heterocycles. The van der Waals surface area contributed by atoms with E-state index in [4.69, 9.17) is 57.3 Å². The van der Waals surface area contributed by atoms with Crippen LogP contribution >= 0.6 is 0 Å². The topological polar surface area (TPSA) is 782 Å². The van der Waals surface area contributed by atoms with Crippen molar-refractivity contribution >= 4 is 106 Å². The van der Waals surface area contributed by atoms with Crippen LogP contribution in [0.1, 0.15) is 193 Å². The average molecular weight is 1700 g/mol. The summed E-state index contributed by atoms with van der Waals surface area (Å²) in [4.78, 5) is 220. The maximum Gasteiger partial charge on any atom is 0.245 e. The number of carbonyl (C=O) groups is 15. The lowest BCUT2D eigenvalue weighted by Gasteiger charge is -2.29. The van der Waals surface area contributed by atoms with E-state index < -0.39 is 198 Å². The van der Waals surface area contributed by atoms with Crippen LogP contribution in [-0.2, 0) is 71.9 Å². The molecule has 17 unspecified atom stereocenters. The molecule has 0 aliphatic rings. The molecule has 15 amide bonds. The minimum absolute atomic E-state index is 0.00809. The molecule has 45 nitrogen and oxygen atoms in total. The van der Waals surface area contributed by atoms with Crippen LogP contribution in [-0.4, -0.2) is 264 Å². The van der Waals surface area contributed by atoms with Gasteiger partial charge in [-0.1, -0.05) is 55.4 Å². The Kier molecular flexibility index (Phi) is 52.7. The third-order valence-electron chi connectivity index (χ3n) is 18.2. The molecule has 680 valence electrons. The van der Waals surface area contributed by atoms with Crippen molar-refractivity contribution in [3.8, 4) is 0 Å². The fourth-order valence-corrected chi connectivity index (χ4v) is 11.7. The van der Waals surface area contributed by atoms with E-state index >= 15 is 0 Å². The van der Waals surface area contributed by atoms with Gasteiger partial charge < -0.3 is 147 Å². The summed E-state index contributed by atoms with van der Waals surface area (Å²) < 4.78 is 0. The van der Waals surface area contributed by atoms with Gasteiger partial charge >= 0.3 is 0 Å². The van der Waals surface area contributed by atoms with Gasteiger partial charge in [-0.05, 0) is 174 Å². The number of nitrogens with two attached hydrogens (primary N) is 10. The molecule has 0 saturated carbocycles. The van der Waals surface area contributed by atoms with E-state index in [0.717, 1.165) is 0 Å². The van der Waals surface area contributed by atoms with Crippen LogP contribution in [0.25, 0.3) is 0 Å². The van der Waals surface area contributed by atoms with Gasteiger partial charge in [-0.25, -0.2) is 0 Å². The second-order valence-electron chi connectivity index (χ2n) is 31.3. The number of amides is 15. The van der Waals surface area contributed by atoms with E-state index in [1.54, 1.807) is 41.5 Å². The molecule has 0 bridgehead atoms. The lowest BCUT2D eigenvalue weighted by molar-refractivity contribution is -0.137. The molecule has 0 aliphatic carbocycles. The van der Waals surface area contributed by atoms with Crippen molar-refractivity contribution in [1.82, 2.24) is 74.4 Å². The molecule has 119 heavy (non-hydrogen) atoms. The maximum absolute atomic E-state index is 14.6. The van der Waals surface area contributed by atoms with Crippen LogP contribution in [0, 0.1) is 23.7 Å². The number of rotatable bonds is 60. The van der Waals surface area contributed by atoms with Crippen LogP contribution in [0.2, 0.25) is 0 Å². The molecule has 37 N–H and O–H groups in total. The molecule has 0 spiro atoms. The lowest BCUT2D eigenvalue weighted by atomic mass is 10.00. The highest BCUT2D eigenvalue weighted by Crippen LogP contribution is 2.15. The highest BCUT2D eigenvalue weighted by atomic mass is 16.3. The second-order valence-corrected chi connectivity index (χ2v) is 31.3. The van der Waals surface area contributed by atoms with Crippen molar-refractivity contribution in [2.75, 3.05) is 39.3 Å². The van der Waals surface area contributed by atoms with Crippen molar-refractivity contribution in [1.29, 1.82) is 0 Å². The summed E-state index contributed by atoms with van der Waals surface area (Å²) in [7, 11) is 0. The SMILES string of the molecule is CC(C)CC(NC(=O)C(C)NC(=O)C(NC(=O)C(C)NC(=O)C(CC(C)C)NC(=O)C(CCCCN)NC(=O)C(CC(C)C)NC(=O)CNC(=O)C(CCCN=C(N)N)NC(=O)C(CCCCN)NC(=O)C(CCCN=C(N)N)NC(=O)C(NC(=O)C(CC(C)C)NC(=O)C(CCCN=C(N)N)NC(=O)C(N)C(C)O)C(C)O)C(C)O)C(N)=O. The number of nitrogens with one attached hydrogen (secondary N) is 14. The highest BCUT2D eigenvalue weighted by Gasteiger charge is 2.39. The third kappa shape index (κ3) is 46.0. The summed E-state index contributed by atoms with van der Waals surface area (Å²) in [6, 6.07) is -19.9. The van der Waals surface area contributed by atoms with E-state index in [1.165, 1.54) is 34.6 Å². The molecule has 0 heterocycles. The summed E-state index contributed by atoms with van der Waals surface area (Å²) in [5.74, 6) is -15.3. The van der Waals surface area contributed by atoms with E-state index in [0.29, 0.717) is 19.3 Å². The van der Waals surface area contributed by atoms with Gasteiger partial charge in [-0.15, -0.1) is 0 Å². The number of guanidine groups is 3. The summed E-state index contributed by atoms with van der Waals surface area (Å²) >= 11 is 0. The quantitative estimate of drug-likeness (QED) is 0.0153. The average Bonchev–Trinajstić information content (AvgIpc) is 0.857. The number of carbonyl (C=O) groups excluding carboxylic acids is 15. The Labute approximate surface area is 696 Å². The molecule has 0 radical (unpaired) electrons. The second kappa shape index (κ2) is 57.7. The molecule has 0 aromatic carbocycles. The minimum atomic E-state index is -1.82. The van der Waals surface area contributed by atoms with Crippen molar-refractivity contribution < 1.29 is 87.2 Å². The maximum atomic E-state index is 14.6. The van der Waals surface area contributed by atoms with Gasteiger partial charge in [0.25, 0.3) is 0 Å². The molecule has 0 fully saturated rings.